The Hall–Kier alpha value is -2.24. The van der Waals surface area contributed by atoms with Gasteiger partial charge in [0.15, 0.2) is 0 Å². The molecular formula is C23H35N4O2. The highest BCUT2D eigenvalue weighted by Crippen LogP contribution is 2.22. The highest BCUT2D eigenvalue weighted by Gasteiger charge is 2.26. The average Bonchev–Trinajstić information content (AvgIpc) is 3.12. The lowest BCUT2D eigenvalue weighted by atomic mass is 9.97. The molecule has 2 aliphatic rings. The lowest BCUT2D eigenvalue weighted by Gasteiger charge is -2.21. The molecule has 5 radical (unpaired) electrons. The molecule has 1 aromatic rings. The summed E-state index contributed by atoms with van der Waals surface area (Å²) in [6.45, 7) is 2.01. The number of carbonyl (C=O) groups is 2. The summed E-state index contributed by atoms with van der Waals surface area (Å²) in [5.74, 6) is 0.305. The number of nitrogens with zero attached hydrogens (tertiary/aromatic N) is 1. The van der Waals surface area contributed by atoms with E-state index in [2.05, 4.69) is 16.0 Å². The molecule has 6 nitrogen and oxygen atoms in total. The van der Waals surface area contributed by atoms with Gasteiger partial charge in [0.25, 0.3) is 0 Å². The highest BCUT2D eigenvalue weighted by atomic mass is 16.2. The number of rotatable bonds is 4. The summed E-state index contributed by atoms with van der Waals surface area (Å²) in [5, 5.41) is 8.96. The highest BCUT2D eigenvalue weighted by molar-refractivity contribution is 5.89. The van der Waals surface area contributed by atoms with E-state index in [1.807, 2.05) is 35.2 Å². The van der Waals surface area contributed by atoms with Crippen LogP contribution in [-0.4, -0.2) is 36.6 Å². The van der Waals surface area contributed by atoms with Gasteiger partial charge in [-0.05, 0) is 37.3 Å². The molecule has 0 spiro atoms. The molecule has 1 atom stereocenters. The third kappa shape index (κ3) is 8.34. The SMILES string of the molecule is O=C(NCC1CCN(C(=O)Nc2ccccc2)C1)N[C]1CCCCCCC1.[CH2].[CH2]. The molecular weight excluding hydrogens is 364 g/mol. The fourth-order valence-corrected chi connectivity index (χ4v) is 3.81. The molecule has 159 valence electrons. The number of carbonyl (C=O) groups excluding carboxylic acids is 2. The number of nitrogens with one attached hydrogen (secondary N) is 3. The van der Waals surface area contributed by atoms with Crippen LogP contribution in [0.1, 0.15) is 51.4 Å². The molecule has 1 unspecified atom stereocenters. The summed E-state index contributed by atoms with van der Waals surface area (Å²) in [6.07, 6.45) is 9.10. The van der Waals surface area contributed by atoms with Gasteiger partial charge in [-0.25, -0.2) is 9.59 Å². The predicted octanol–water partition coefficient (Wildman–Crippen LogP) is 4.77. The second kappa shape index (κ2) is 13.1. The molecule has 0 aromatic heterocycles. The van der Waals surface area contributed by atoms with E-state index >= 15 is 0 Å². The molecule has 2 fully saturated rings. The Kier molecular flexibility index (Phi) is 11.2. The Morgan fingerprint density at radius 2 is 1.59 bits per heavy atom. The van der Waals surface area contributed by atoms with Gasteiger partial charge in [-0.15, -0.1) is 0 Å². The Balaban J connectivity index is 0.00000210. The van der Waals surface area contributed by atoms with Crippen LogP contribution in [0.4, 0.5) is 15.3 Å². The molecule has 1 saturated heterocycles. The summed E-state index contributed by atoms with van der Waals surface area (Å²) in [6, 6.07) is 10.5. The van der Waals surface area contributed by atoms with Gasteiger partial charge in [-0.1, -0.05) is 65.2 Å². The largest absolute Gasteiger partial charge is 0.338 e. The van der Waals surface area contributed by atoms with Crippen molar-refractivity contribution < 1.29 is 9.59 Å². The van der Waals surface area contributed by atoms with E-state index in [0.29, 0.717) is 19.0 Å². The quantitative estimate of drug-likeness (QED) is 0.682. The van der Waals surface area contributed by atoms with Crippen molar-refractivity contribution in [1.29, 1.82) is 0 Å². The van der Waals surface area contributed by atoms with E-state index in [1.165, 1.54) is 38.1 Å². The first-order valence-corrected chi connectivity index (χ1v) is 10.2. The Morgan fingerprint density at radius 3 is 2.28 bits per heavy atom. The van der Waals surface area contributed by atoms with Crippen LogP contribution >= 0.6 is 0 Å². The van der Waals surface area contributed by atoms with Gasteiger partial charge in [0.1, 0.15) is 0 Å². The second-order valence-electron chi connectivity index (χ2n) is 7.60. The maximum Gasteiger partial charge on any atom is 0.321 e. The predicted molar refractivity (Wildman–Crippen MR) is 118 cm³/mol. The topological polar surface area (TPSA) is 73.5 Å². The van der Waals surface area contributed by atoms with Crippen molar-refractivity contribution in [2.45, 2.75) is 51.4 Å². The minimum absolute atomic E-state index is 0. The van der Waals surface area contributed by atoms with E-state index in [-0.39, 0.29) is 26.9 Å². The second-order valence-corrected chi connectivity index (χ2v) is 7.60. The van der Waals surface area contributed by atoms with Gasteiger partial charge >= 0.3 is 12.1 Å². The molecule has 0 bridgehead atoms. The molecule has 1 aliphatic heterocycles. The summed E-state index contributed by atoms with van der Waals surface area (Å²) in [7, 11) is 0. The molecule has 1 heterocycles. The van der Waals surface area contributed by atoms with E-state index in [1.54, 1.807) is 0 Å². The van der Waals surface area contributed by atoms with E-state index in [9.17, 15) is 9.59 Å². The molecule has 3 rings (SSSR count). The summed E-state index contributed by atoms with van der Waals surface area (Å²) < 4.78 is 0. The van der Waals surface area contributed by atoms with Crippen molar-refractivity contribution in [3.63, 3.8) is 0 Å². The van der Waals surface area contributed by atoms with Crippen LogP contribution in [0.5, 0.6) is 0 Å². The Bertz CT molecular complexity index is 600. The van der Waals surface area contributed by atoms with Crippen molar-refractivity contribution in [2.24, 2.45) is 5.92 Å². The Morgan fingerprint density at radius 1 is 0.931 bits per heavy atom. The normalized spacial score (nSPS) is 19.7. The molecule has 1 aliphatic carbocycles. The van der Waals surface area contributed by atoms with E-state index in [4.69, 9.17) is 0 Å². The van der Waals surface area contributed by atoms with Crippen molar-refractivity contribution >= 4 is 17.7 Å². The lowest BCUT2D eigenvalue weighted by Crippen LogP contribution is -2.41. The lowest BCUT2D eigenvalue weighted by molar-refractivity contribution is 0.220. The number of benzene rings is 1. The van der Waals surface area contributed by atoms with Crippen LogP contribution in [-0.2, 0) is 0 Å². The van der Waals surface area contributed by atoms with Crippen LogP contribution in [0.3, 0.4) is 0 Å². The first-order valence-electron chi connectivity index (χ1n) is 10.2. The van der Waals surface area contributed by atoms with E-state index in [0.717, 1.165) is 31.5 Å². The minimum atomic E-state index is -0.0993. The van der Waals surface area contributed by atoms with Crippen molar-refractivity contribution in [3.05, 3.63) is 51.2 Å². The zero-order valence-corrected chi connectivity index (χ0v) is 17.4. The van der Waals surface area contributed by atoms with Crippen molar-refractivity contribution in [2.75, 3.05) is 25.0 Å². The van der Waals surface area contributed by atoms with Gasteiger partial charge < -0.3 is 20.9 Å². The number of amides is 4. The van der Waals surface area contributed by atoms with Crippen molar-refractivity contribution in [3.8, 4) is 0 Å². The fourth-order valence-electron chi connectivity index (χ4n) is 3.81. The molecule has 29 heavy (non-hydrogen) atoms. The van der Waals surface area contributed by atoms with Crippen LogP contribution < -0.4 is 16.0 Å². The van der Waals surface area contributed by atoms with Crippen LogP contribution in [0, 0.1) is 26.8 Å². The summed E-state index contributed by atoms with van der Waals surface area (Å²) in [5.41, 5.74) is 0.805. The fraction of sp³-hybridized carbons (Fsp3) is 0.522. The smallest absolute Gasteiger partial charge is 0.321 e. The standard InChI is InChI=1S/C21H31N4O2.2CH2/c26-20(23-18-9-5-2-1-3-6-10-18)22-15-17-13-14-25(16-17)21(27)24-19-11-7-4-8-12-19;;/h4,7-8,11-12,17H,1-3,5-6,9-10,13-16H2,(H,24,27)(H2,22,23,26);2*1H2. The Labute approximate surface area is 176 Å². The van der Waals surface area contributed by atoms with Crippen LogP contribution in [0.25, 0.3) is 0 Å². The molecule has 4 amide bonds. The van der Waals surface area contributed by atoms with Gasteiger partial charge in [-0.2, -0.15) is 0 Å². The monoisotopic (exact) mass is 399 g/mol. The van der Waals surface area contributed by atoms with Gasteiger partial charge in [0.05, 0.1) is 6.04 Å². The van der Waals surface area contributed by atoms with Gasteiger partial charge in [0.2, 0.25) is 0 Å². The maximum absolute atomic E-state index is 12.3. The third-order valence-corrected chi connectivity index (χ3v) is 5.40. The molecule has 1 aromatic carbocycles. The zero-order chi connectivity index (χ0) is 18.9. The van der Waals surface area contributed by atoms with Crippen LogP contribution in [0.15, 0.2) is 30.3 Å². The number of likely N-dealkylation sites (tertiary alicyclic amines) is 1. The third-order valence-electron chi connectivity index (χ3n) is 5.40. The minimum Gasteiger partial charge on any atom is -0.338 e. The molecule has 6 heteroatoms. The first-order chi connectivity index (χ1) is 13.2. The maximum atomic E-state index is 12.3. The molecule has 3 N–H and O–H groups in total. The summed E-state index contributed by atoms with van der Waals surface area (Å²) in [4.78, 5) is 26.3. The number of para-hydroxylation sites is 1. The number of hydrogen-bond donors (Lipinski definition) is 3. The number of hydrogen-bond acceptors (Lipinski definition) is 2. The first kappa shape index (κ1) is 24.8. The summed E-state index contributed by atoms with van der Waals surface area (Å²) >= 11 is 0. The number of urea groups is 2. The van der Waals surface area contributed by atoms with Crippen molar-refractivity contribution in [1.82, 2.24) is 15.5 Å². The van der Waals surface area contributed by atoms with Crippen LogP contribution in [0.2, 0.25) is 0 Å². The number of anilines is 1. The average molecular weight is 400 g/mol. The van der Waals surface area contributed by atoms with Gasteiger partial charge in [-0.3, -0.25) is 0 Å². The molecule has 1 saturated carbocycles. The van der Waals surface area contributed by atoms with Gasteiger partial charge in [0, 0.05) is 25.3 Å². The van der Waals surface area contributed by atoms with E-state index < -0.39 is 0 Å². The zero-order valence-electron chi connectivity index (χ0n) is 17.4.